The fourth-order valence-electron chi connectivity index (χ4n) is 0.714. The quantitative estimate of drug-likeness (QED) is 0.344. The second-order valence-corrected chi connectivity index (χ2v) is 2.48. The normalized spacial score (nSPS) is 8.81. The first-order valence-electron chi connectivity index (χ1n) is 3.17. The molecule has 0 aromatic rings. The van der Waals surface area contributed by atoms with Crippen molar-refractivity contribution >= 4 is 17.9 Å². The third kappa shape index (κ3) is 8.15. The van der Waals surface area contributed by atoms with Crippen LogP contribution in [-0.2, 0) is 31.5 Å². The van der Waals surface area contributed by atoms with E-state index in [1.165, 1.54) is 0 Å². The Kier molecular flexibility index (Phi) is 13.7. The van der Waals surface area contributed by atoms with Crippen LogP contribution in [0.5, 0.6) is 0 Å². The molecular weight excluding hydrogens is 268 g/mol. The van der Waals surface area contributed by atoms with Gasteiger partial charge in [0.2, 0.25) is 0 Å². The molecule has 0 atom stereocenters. The number of rotatable bonds is 5. The van der Waals surface area contributed by atoms with Gasteiger partial charge in [-0.05, 0) is 0 Å². The van der Waals surface area contributed by atoms with E-state index < -0.39 is 36.4 Å². The van der Waals surface area contributed by atoms with Crippen molar-refractivity contribution in [3.05, 3.63) is 0 Å². The fraction of sp³-hybridized carbons (Fsp3) is 0.500. The van der Waals surface area contributed by atoms with Crippen molar-refractivity contribution in [2.24, 2.45) is 0 Å². The van der Waals surface area contributed by atoms with Crippen LogP contribution in [0.3, 0.4) is 0 Å². The van der Waals surface area contributed by atoms with Gasteiger partial charge in [0.15, 0.2) is 5.60 Å². The Labute approximate surface area is 101 Å². The van der Waals surface area contributed by atoms with E-state index in [9.17, 15) is 14.4 Å². The summed E-state index contributed by atoms with van der Waals surface area (Å²) in [6.07, 6.45) is -2.29. The zero-order valence-electron chi connectivity index (χ0n) is 8.20. The maximum atomic E-state index is 10.3. The van der Waals surface area contributed by atoms with E-state index in [0.29, 0.717) is 0 Å². The van der Waals surface area contributed by atoms with E-state index >= 15 is 0 Å². The van der Waals surface area contributed by atoms with Crippen molar-refractivity contribution in [2.75, 3.05) is 0 Å². The molecule has 0 aliphatic rings. The molecule has 0 unspecified atom stereocenters. The Morgan fingerprint density at radius 2 is 1.12 bits per heavy atom. The number of hydrogen-bond donors (Lipinski definition) is 6. The average Bonchev–Trinajstić information content (AvgIpc) is 1.82. The number of aliphatic carboxylic acids is 3. The average molecular weight is 282 g/mol. The van der Waals surface area contributed by atoms with Crippen molar-refractivity contribution < 1.29 is 51.9 Å². The molecule has 10 heteroatoms. The standard InChI is InChI=1S/C6H8O7.Fe.2H3N/c7-3(8)1-6(13,5(11)12)2-4(9)10;;;/h13H,1-2H2,(H,7,8)(H,9,10)(H,11,12);;2*1H3. The molecule has 0 aliphatic heterocycles. The molecule has 0 bridgehead atoms. The fourth-order valence-corrected chi connectivity index (χ4v) is 0.714. The van der Waals surface area contributed by atoms with Crippen LogP contribution in [0.2, 0.25) is 0 Å². The molecule has 16 heavy (non-hydrogen) atoms. The summed E-state index contributed by atoms with van der Waals surface area (Å²) < 4.78 is 0. The Balaban J connectivity index is -0.000000240. The SMILES string of the molecule is N.N.O=C(O)CC(O)(CC(=O)O)C(=O)O.[Fe]. The Morgan fingerprint density at radius 1 is 0.875 bits per heavy atom. The van der Waals surface area contributed by atoms with Gasteiger partial charge in [-0.15, -0.1) is 0 Å². The zero-order valence-corrected chi connectivity index (χ0v) is 9.30. The van der Waals surface area contributed by atoms with E-state index in [0.717, 1.165) is 0 Å². The van der Waals surface area contributed by atoms with Crippen LogP contribution in [-0.4, -0.2) is 43.9 Å². The number of carboxylic acid groups (broad SMARTS) is 3. The first kappa shape index (κ1) is 24.2. The van der Waals surface area contributed by atoms with Gasteiger partial charge in [0.05, 0.1) is 12.8 Å². The minimum atomic E-state index is -2.74. The smallest absolute Gasteiger partial charge is 0.336 e. The van der Waals surface area contributed by atoms with E-state index in [1.807, 2.05) is 0 Å². The summed E-state index contributed by atoms with van der Waals surface area (Å²) in [4.78, 5) is 30.5. The third-order valence-electron chi connectivity index (χ3n) is 1.29. The van der Waals surface area contributed by atoms with Gasteiger partial charge in [0, 0.05) is 17.1 Å². The summed E-state index contributed by atoms with van der Waals surface area (Å²) in [7, 11) is 0. The molecule has 0 heterocycles. The summed E-state index contributed by atoms with van der Waals surface area (Å²) in [5, 5.41) is 33.8. The molecular formula is C6H14FeN2O7. The molecule has 0 aromatic heterocycles. The van der Waals surface area contributed by atoms with Crippen LogP contribution in [0.25, 0.3) is 0 Å². The topological polar surface area (TPSA) is 202 Å². The Bertz CT molecular complexity index is 241. The molecule has 0 aromatic carbocycles. The van der Waals surface area contributed by atoms with Gasteiger partial charge in [-0.2, -0.15) is 0 Å². The predicted molar refractivity (Wildman–Crippen MR) is 47.1 cm³/mol. The molecule has 10 N–H and O–H groups in total. The van der Waals surface area contributed by atoms with Gasteiger partial charge in [-0.3, -0.25) is 9.59 Å². The molecule has 0 radical (unpaired) electrons. The molecule has 0 spiro atoms. The van der Waals surface area contributed by atoms with Crippen LogP contribution >= 0.6 is 0 Å². The minimum absolute atomic E-state index is 0. The van der Waals surface area contributed by atoms with Crippen molar-refractivity contribution in [1.29, 1.82) is 0 Å². The first-order valence-corrected chi connectivity index (χ1v) is 3.17. The maximum absolute atomic E-state index is 10.3. The molecule has 0 saturated heterocycles. The predicted octanol–water partition coefficient (Wildman–Crippen LogP) is -0.927. The minimum Gasteiger partial charge on any atom is -0.481 e. The van der Waals surface area contributed by atoms with Gasteiger partial charge in [-0.1, -0.05) is 0 Å². The largest absolute Gasteiger partial charge is 0.481 e. The van der Waals surface area contributed by atoms with E-state index in [2.05, 4.69) is 0 Å². The van der Waals surface area contributed by atoms with Crippen molar-refractivity contribution in [3.8, 4) is 0 Å². The number of aliphatic hydroxyl groups is 1. The Hall–Kier alpha value is -1.19. The molecule has 0 fully saturated rings. The summed E-state index contributed by atoms with van der Waals surface area (Å²) in [6.45, 7) is 0. The molecule has 9 nitrogen and oxygen atoms in total. The number of carboxylic acids is 3. The molecule has 98 valence electrons. The summed E-state index contributed by atoms with van der Waals surface area (Å²) >= 11 is 0. The number of hydrogen-bond acceptors (Lipinski definition) is 6. The van der Waals surface area contributed by atoms with Crippen LogP contribution in [0.15, 0.2) is 0 Å². The molecule has 0 aliphatic carbocycles. The second-order valence-electron chi connectivity index (χ2n) is 2.48. The molecule has 0 rings (SSSR count). The van der Waals surface area contributed by atoms with Crippen molar-refractivity contribution in [3.63, 3.8) is 0 Å². The van der Waals surface area contributed by atoms with E-state index in [4.69, 9.17) is 20.4 Å². The Morgan fingerprint density at radius 3 is 1.25 bits per heavy atom. The van der Waals surface area contributed by atoms with Crippen LogP contribution in [0.1, 0.15) is 12.8 Å². The summed E-state index contributed by atoms with van der Waals surface area (Å²) in [5.74, 6) is -5.02. The van der Waals surface area contributed by atoms with Crippen molar-refractivity contribution in [2.45, 2.75) is 18.4 Å². The monoisotopic (exact) mass is 282 g/mol. The van der Waals surface area contributed by atoms with Crippen LogP contribution < -0.4 is 12.3 Å². The van der Waals surface area contributed by atoms with Gasteiger partial charge in [0.25, 0.3) is 0 Å². The second kappa shape index (κ2) is 9.07. The van der Waals surface area contributed by atoms with Crippen LogP contribution in [0.4, 0.5) is 0 Å². The molecule has 0 amide bonds. The van der Waals surface area contributed by atoms with Crippen LogP contribution in [0, 0.1) is 0 Å². The van der Waals surface area contributed by atoms with E-state index in [1.54, 1.807) is 0 Å². The van der Waals surface area contributed by atoms with Gasteiger partial charge in [0.1, 0.15) is 0 Å². The van der Waals surface area contributed by atoms with Crippen molar-refractivity contribution in [1.82, 2.24) is 12.3 Å². The number of carbonyl (C=O) groups is 3. The molecule has 0 saturated carbocycles. The van der Waals surface area contributed by atoms with Gasteiger partial charge >= 0.3 is 17.9 Å². The zero-order chi connectivity index (χ0) is 10.6. The first-order chi connectivity index (χ1) is 5.78. The third-order valence-corrected chi connectivity index (χ3v) is 1.29. The summed E-state index contributed by atoms with van der Waals surface area (Å²) in [6, 6.07) is 0. The van der Waals surface area contributed by atoms with E-state index in [-0.39, 0.29) is 29.4 Å². The van der Waals surface area contributed by atoms with Gasteiger partial charge in [-0.25, -0.2) is 4.79 Å². The summed E-state index contributed by atoms with van der Waals surface area (Å²) in [5.41, 5.74) is -2.74. The van der Waals surface area contributed by atoms with Gasteiger partial charge < -0.3 is 32.7 Å². The maximum Gasteiger partial charge on any atom is 0.336 e.